The van der Waals surface area contributed by atoms with E-state index in [2.05, 4.69) is 22.0 Å². The Kier molecular flexibility index (Phi) is 5.11. The van der Waals surface area contributed by atoms with Crippen LogP contribution >= 0.6 is 0 Å². The van der Waals surface area contributed by atoms with Crippen LogP contribution < -0.4 is 4.74 Å². The van der Waals surface area contributed by atoms with Crippen LogP contribution in [-0.2, 0) is 11.3 Å². The third kappa shape index (κ3) is 3.74. The van der Waals surface area contributed by atoms with Crippen molar-refractivity contribution >= 4 is 5.91 Å². The fraction of sp³-hybridized carbons (Fsp3) is 0.368. The fourth-order valence-corrected chi connectivity index (χ4v) is 3.14. The van der Waals surface area contributed by atoms with E-state index in [0.717, 1.165) is 31.1 Å². The molecule has 1 aliphatic rings. The van der Waals surface area contributed by atoms with Crippen LogP contribution in [0, 0.1) is 0 Å². The Morgan fingerprint density at radius 1 is 1.21 bits per heavy atom. The molecule has 0 spiro atoms. The van der Waals surface area contributed by atoms with Crippen molar-refractivity contribution in [1.29, 1.82) is 0 Å². The molecule has 1 aromatic carbocycles. The van der Waals surface area contributed by atoms with Gasteiger partial charge in [-0.25, -0.2) is 0 Å². The summed E-state index contributed by atoms with van der Waals surface area (Å²) in [6.07, 6.45) is 1.82. The number of benzene rings is 1. The molecule has 0 saturated carbocycles. The summed E-state index contributed by atoms with van der Waals surface area (Å²) in [6, 6.07) is 14.3. The number of ether oxygens (including phenoxy) is 1. The largest absolute Gasteiger partial charge is 0.497 e. The number of piperazine rings is 1. The molecule has 5 heteroatoms. The molecule has 0 aliphatic carbocycles. The molecule has 126 valence electrons. The minimum absolute atomic E-state index is 0.131. The van der Waals surface area contributed by atoms with Crippen molar-refractivity contribution in [2.45, 2.75) is 19.5 Å². The summed E-state index contributed by atoms with van der Waals surface area (Å²) in [5.74, 6) is 0.972. The number of rotatable bonds is 4. The smallest absolute Gasteiger partial charge is 0.219 e. The standard InChI is InChI=1S/C19H23N3O2/c1-15(23)21-11-12-22(13-17-5-3-4-10-20-17)19(14-21)16-6-8-18(24-2)9-7-16/h3-10,19H,11-14H2,1-2H3. The molecule has 1 unspecified atom stereocenters. The monoisotopic (exact) mass is 325 g/mol. The lowest BCUT2D eigenvalue weighted by atomic mass is 10.0. The van der Waals surface area contributed by atoms with Gasteiger partial charge in [-0.2, -0.15) is 0 Å². The first-order valence-corrected chi connectivity index (χ1v) is 8.21. The second-order valence-corrected chi connectivity index (χ2v) is 6.05. The fourth-order valence-electron chi connectivity index (χ4n) is 3.14. The summed E-state index contributed by atoms with van der Waals surface area (Å²) in [6.45, 7) is 4.72. The SMILES string of the molecule is COc1ccc(C2CN(C(C)=O)CCN2Cc2ccccn2)cc1. The third-order valence-corrected chi connectivity index (χ3v) is 4.53. The minimum atomic E-state index is 0.131. The van der Waals surface area contributed by atoms with Crippen LogP contribution in [0.4, 0.5) is 0 Å². The summed E-state index contributed by atoms with van der Waals surface area (Å²) in [7, 11) is 1.67. The Morgan fingerprint density at radius 2 is 2.00 bits per heavy atom. The number of hydrogen-bond donors (Lipinski definition) is 0. The number of pyridine rings is 1. The van der Waals surface area contributed by atoms with Gasteiger partial charge in [0.2, 0.25) is 5.91 Å². The quantitative estimate of drug-likeness (QED) is 0.866. The van der Waals surface area contributed by atoms with Crippen molar-refractivity contribution < 1.29 is 9.53 Å². The van der Waals surface area contributed by atoms with Gasteiger partial charge in [0.15, 0.2) is 0 Å². The van der Waals surface area contributed by atoms with Crippen molar-refractivity contribution in [3.63, 3.8) is 0 Å². The maximum atomic E-state index is 11.8. The number of aromatic nitrogens is 1. The van der Waals surface area contributed by atoms with E-state index < -0.39 is 0 Å². The Labute approximate surface area is 142 Å². The van der Waals surface area contributed by atoms with Gasteiger partial charge in [0.1, 0.15) is 5.75 Å². The maximum Gasteiger partial charge on any atom is 0.219 e. The van der Waals surface area contributed by atoms with Gasteiger partial charge in [0.25, 0.3) is 0 Å². The van der Waals surface area contributed by atoms with E-state index in [1.807, 2.05) is 41.4 Å². The summed E-state index contributed by atoms with van der Waals surface area (Å²) >= 11 is 0. The van der Waals surface area contributed by atoms with Gasteiger partial charge in [-0.1, -0.05) is 18.2 Å². The van der Waals surface area contributed by atoms with E-state index in [0.29, 0.717) is 6.54 Å². The van der Waals surface area contributed by atoms with E-state index in [1.54, 1.807) is 14.0 Å². The molecule has 2 aromatic rings. The number of carbonyl (C=O) groups is 1. The topological polar surface area (TPSA) is 45.7 Å². The molecule has 0 radical (unpaired) electrons. The molecule has 1 aliphatic heterocycles. The van der Waals surface area contributed by atoms with Crippen molar-refractivity contribution in [3.8, 4) is 5.75 Å². The van der Waals surface area contributed by atoms with E-state index in [4.69, 9.17) is 4.74 Å². The first-order valence-electron chi connectivity index (χ1n) is 8.21. The zero-order valence-corrected chi connectivity index (χ0v) is 14.2. The van der Waals surface area contributed by atoms with Crippen LogP contribution in [0.5, 0.6) is 5.75 Å². The second-order valence-electron chi connectivity index (χ2n) is 6.05. The lowest BCUT2D eigenvalue weighted by Crippen LogP contribution is -2.49. The molecular weight excluding hydrogens is 302 g/mol. The van der Waals surface area contributed by atoms with Crippen LogP contribution in [0.2, 0.25) is 0 Å². The van der Waals surface area contributed by atoms with Gasteiger partial charge in [0, 0.05) is 39.3 Å². The predicted molar refractivity (Wildman–Crippen MR) is 92.6 cm³/mol. The molecule has 0 bridgehead atoms. The Balaban J connectivity index is 1.83. The maximum absolute atomic E-state index is 11.8. The number of nitrogens with zero attached hydrogens (tertiary/aromatic N) is 3. The summed E-state index contributed by atoms with van der Waals surface area (Å²) in [4.78, 5) is 20.6. The van der Waals surface area contributed by atoms with Crippen LogP contribution in [0.25, 0.3) is 0 Å². The van der Waals surface area contributed by atoms with Gasteiger partial charge in [-0.15, -0.1) is 0 Å². The highest BCUT2D eigenvalue weighted by molar-refractivity contribution is 5.73. The lowest BCUT2D eigenvalue weighted by molar-refractivity contribution is -0.132. The number of carbonyl (C=O) groups excluding carboxylic acids is 1. The van der Waals surface area contributed by atoms with Crippen LogP contribution in [-0.4, -0.2) is 47.4 Å². The normalized spacial score (nSPS) is 18.4. The van der Waals surface area contributed by atoms with E-state index >= 15 is 0 Å². The lowest BCUT2D eigenvalue weighted by Gasteiger charge is -2.41. The van der Waals surface area contributed by atoms with Gasteiger partial charge in [0.05, 0.1) is 18.8 Å². The minimum Gasteiger partial charge on any atom is -0.497 e. The van der Waals surface area contributed by atoms with Gasteiger partial charge in [-0.05, 0) is 29.8 Å². The highest BCUT2D eigenvalue weighted by Gasteiger charge is 2.29. The Bertz CT molecular complexity index is 673. The van der Waals surface area contributed by atoms with Crippen molar-refractivity contribution in [2.24, 2.45) is 0 Å². The molecule has 1 aromatic heterocycles. The van der Waals surface area contributed by atoms with Crippen molar-refractivity contribution in [2.75, 3.05) is 26.7 Å². The number of amides is 1. The summed E-state index contributed by atoms with van der Waals surface area (Å²) < 4.78 is 5.25. The van der Waals surface area contributed by atoms with E-state index in [1.165, 1.54) is 5.56 Å². The first-order chi connectivity index (χ1) is 11.7. The van der Waals surface area contributed by atoms with Gasteiger partial charge < -0.3 is 9.64 Å². The Morgan fingerprint density at radius 3 is 2.62 bits per heavy atom. The highest BCUT2D eigenvalue weighted by Crippen LogP contribution is 2.28. The van der Waals surface area contributed by atoms with Gasteiger partial charge in [-0.3, -0.25) is 14.7 Å². The van der Waals surface area contributed by atoms with E-state index in [-0.39, 0.29) is 11.9 Å². The zero-order valence-electron chi connectivity index (χ0n) is 14.2. The molecule has 1 fully saturated rings. The molecule has 2 heterocycles. The highest BCUT2D eigenvalue weighted by atomic mass is 16.5. The summed E-state index contributed by atoms with van der Waals surface area (Å²) in [5.41, 5.74) is 2.24. The Hall–Kier alpha value is -2.40. The van der Waals surface area contributed by atoms with Crippen molar-refractivity contribution in [3.05, 3.63) is 59.9 Å². The first kappa shape index (κ1) is 16.5. The third-order valence-electron chi connectivity index (χ3n) is 4.53. The molecule has 1 atom stereocenters. The molecule has 24 heavy (non-hydrogen) atoms. The molecule has 1 amide bonds. The second kappa shape index (κ2) is 7.45. The number of hydrogen-bond acceptors (Lipinski definition) is 4. The average molecular weight is 325 g/mol. The molecule has 1 saturated heterocycles. The van der Waals surface area contributed by atoms with Gasteiger partial charge >= 0.3 is 0 Å². The van der Waals surface area contributed by atoms with E-state index in [9.17, 15) is 4.79 Å². The molecule has 3 rings (SSSR count). The average Bonchev–Trinajstić information content (AvgIpc) is 2.63. The zero-order chi connectivity index (χ0) is 16.9. The van der Waals surface area contributed by atoms with Crippen LogP contribution in [0.1, 0.15) is 24.2 Å². The molecular formula is C19H23N3O2. The van der Waals surface area contributed by atoms with Crippen LogP contribution in [0.3, 0.4) is 0 Å². The summed E-state index contributed by atoms with van der Waals surface area (Å²) in [5, 5.41) is 0. The molecule has 0 N–H and O–H groups in total. The number of methoxy groups -OCH3 is 1. The van der Waals surface area contributed by atoms with Crippen molar-refractivity contribution in [1.82, 2.24) is 14.8 Å². The predicted octanol–water partition coefficient (Wildman–Crippen LogP) is 2.50. The van der Waals surface area contributed by atoms with Crippen LogP contribution in [0.15, 0.2) is 48.7 Å². The molecule has 5 nitrogen and oxygen atoms in total.